The van der Waals surface area contributed by atoms with Crippen molar-refractivity contribution in [3.05, 3.63) is 12.3 Å². The molecule has 0 amide bonds. The number of hydrogen-bond donors (Lipinski definition) is 1. The van der Waals surface area contributed by atoms with Gasteiger partial charge in [-0.3, -0.25) is 0 Å². The highest BCUT2D eigenvalue weighted by atomic mass is 16.5. The van der Waals surface area contributed by atoms with Gasteiger partial charge in [-0.05, 0) is 48.9 Å². The number of nitrogens with one attached hydrogen (secondary N) is 1. The molecule has 3 fully saturated rings. The highest BCUT2D eigenvalue weighted by Crippen LogP contribution is 2.93. The fraction of sp³-hybridized carbons (Fsp3) is 0.750. The van der Waals surface area contributed by atoms with Gasteiger partial charge < -0.3 is 4.74 Å². The van der Waals surface area contributed by atoms with E-state index in [1.54, 1.807) is 6.20 Å². The van der Waals surface area contributed by atoms with E-state index in [4.69, 9.17) is 4.74 Å². The monoisotopic (exact) mass is 204 g/mol. The number of aromatic amines is 1. The molecule has 15 heavy (non-hydrogen) atoms. The van der Waals surface area contributed by atoms with Crippen molar-refractivity contribution in [2.75, 3.05) is 6.61 Å². The normalized spacial score (nSPS) is 28.3. The predicted octanol–water partition coefficient (Wildman–Crippen LogP) is 2.37. The number of nitrogens with zero attached hydrogens (tertiary/aromatic N) is 1. The molecule has 1 N–H and O–H groups in total. The lowest BCUT2D eigenvalue weighted by Crippen LogP contribution is -2.00. The summed E-state index contributed by atoms with van der Waals surface area (Å²) < 4.78 is 5.62. The van der Waals surface area contributed by atoms with Crippen LogP contribution < -0.4 is 4.74 Å². The third-order valence-electron chi connectivity index (χ3n) is 4.96. The molecule has 3 heteroatoms. The Balaban J connectivity index is 1.32. The molecule has 0 aliphatic heterocycles. The molecule has 0 bridgehead atoms. The fourth-order valence-electron chi connectivity index (χ4n) is 3.97. The summed E-state index contributed by atoms with van der Waals surface area (Å²) in [5, 5.41) is 6.70. The second kappa shape index (κ2) is 2.39. The maximum Gasteiger partial charge on any atom is 0.208 e. The summed E-state index contributed by atoms with van der Waals surface area (Å²) in [6, 6.07) is 1.88. The first-order chi connectivity index (χ1) is 7.37. The van der Waals surface area contributed by atoms with Gasteiger partial charge in [0.25, 0.3) is 0 Å². The molecule has 3 saturated carbocycles. The van der Waals surface area contributed by atoms with Crippen LogP contribution in [0.25, 0.3) is 0 Å². The molecule has 4 rings (SSSR count). The van der Waals surface area contributed by atoms with Crippen molar-refractivity contribution >= 4 is 0 Å². The van der Waals surface area contributed by atoms with Crippen LogP contribution >= 0.6 is 0 Å². The minimum atomic E-state index is 0.811. The number of rotatable bonds is 4. The Morgan fingerprint density at radius 2 is 2.07 bits per heavy atom. The Labute approximate surface area is 89.2 Å². The summed E-state index contributed by atoms with van der Waals surface area (Å²) >= 11 is 0. The van der Waals surface area contributed by atoms with Crippen molar-refractivity contribution < 1.29 is 4.74 Å². The molecule has 1 aromatic heterocycles. The number of aromatic nitrogens is 2. The van der Waals surface area contributed by atoms with Gasteiger partial charge in [-0.15, -0.1) is 0 Å². The Hall–Kier alpha value is -0.990. The summed E-state index contributed by atoms with van der Waals surface area (Å²) in [5.41, 5.74) is 1.65. The summed E-state index contributed by atoms with van der Waals surface area (Å²) in [5.74, 6) is 1.80. The molecular weight excluding hydrogens is 188 g/mol. The van der Waals surface area contributed by atoms with Crippen LogP contribution in [0.2, 0.25) is 0 Å². The molecular formula is C12H16N2O. The molecule has 0 unspecified atom stereocenters. The quantitative estimate of drug-likeness (QED) is 0.817. The van der Waals surface area contributed by atoms with Crippen molar-refractivity contribution in [2.24, 2.45) is 16.7 Å². The maximum atomic E-state index is 5.62. The first kappa shape index (κ1) is 8.20. The lowest BCUT2D eigenvalue weighted by Gasteiger charge is -2.01. The first-order valence-corrected chi connectivity index (χ1v) is 6.00. The summed E-state index contributed by atoms with van der Waals surface area (Å²) in [6.45, 7) is 0.857. The number of H-pyrrole nitrogens is 1. The van der Waals surface area contributed by atoms with Crippen LogP contribution in [-0.4, -0.2) is 16.8 Å². The van der Waals surface area contributed by atoms with Crippen LogP contribution in [-0.2, 0) is 0 Å². The van der Waals surface area contributed by atoms with Crippen LogP contribution in [0.5, 0.6) is 5.88 Å². The second-order valence-electron chi connectivity index (χ2n) is 5.42. The fourth-order valence-corrected chi connectivity index (χ4v) is 3.97. The number of hydrogen-bond acceptors (Lipinski definition) is 2. The van der Waals surface area contributed by atoms with Crippen molar-refractivity contribution in [2.45, 2.75) is 32.1 Å². The highest BCUT2D eigenvalue weighted by Gasteiger charge is 2.85. The van der Waals surface area contributed by atoms with E-state index in [9.17, 15) is 0 Å². The van der Waals surface area contributed by atoms with E-state index < -0.39 is 0 Å². The SMILES string of the molecule is c1cc(OCCC2C3(CC3)C23CC3)[nH]n1. The third-order valence-corrected chi connectivity index (χ3v) is 4.96. The van der Waals surface area contributed by atoms with Gasteiger partial charge in [-0.25, -0.2) is 5.10 Å². The van der Waals surface area contributed by atoms with E-state index in [0.29, 0.717) is 0 Å². The lowest BCUT2D eigenvalue weighted by atomic mass is 10.2. The van der Waals surface area contributed by atoms with E-state index in [2.05, 4.69) is 10.2 Å². The van der Waals surface area contributed by atoms with Gasteiger partial charge in [0.2, 0.25) is 5.88 Å². The molecule has 0 aromatic carbocycles. The van der Waals surface area contributed by atoms with Crippen molar-refractivity contribution in [3.63, 3.8) is 0 Å². The van der Waals surface area contributed by atoms with E-state index >= 15 is 0 Å². The largest absolute Gasteiger partial charge is 0.478 e. The summed E-state index contributed by atoms with van der Waals surface area (Å²) in [7, 11) is 0. The predicted molar refractivity (Wildman–Crippen MR) is 55.5 cm³/mol. The third kappa shape index (κ3) is 0.938. The average Bonchev–Trinajstić information content (AvgIpc) is 3.18. The van der Waals surface area contributed by atoms with Gasteiger partial charge >= 0.3 is 0 Å². The van der Waals surface area contributed by atoms with Crippen LogP contribution in [0.1, 0.15) is 32.1 Å². The standard InChI is InChI=1S/C12H16N2O/c1-7-13-14-10(1)15-8-2-9-11(3-4-11)12(9)5-6-12/h1,7,9H,2-6,8H2,(H,13,14). The lowest BCUT2D eigenvalue weighted by molar-refractivity contribution is 0.284. The molecule has 1 aromatic rings. The Morgan fingerprint density at radius 3 is 2.60 bits per heavy atom. The summed E-state index contributed by atoms with van der Waals surface area (Å²) in [4.78, 5) is 0. The van der Waals surface area contributed by atoms with E-state index in [1.165, 1.54) is 32.1 Å². The van der Waals surface area contributed by atoms with Crippen LogP contribution in [0, 0.1) is 16.7 Å². The molecule has 0 radical (unpaired) electrons. The van der Waals surface area contributed by atoms with E-state index in [1.807, 2.05) is 6.07 Å². The van der Waals surface area contributed by atoms with Gasteiger partial charge in [-0.2, -0.15) is 5.10 Å². The Morgan fingerprint density at radius 1 is 1.33 bits per heavy atom. The average molecular weight is 204 g/mol. The van der Waals surface area contributed by atoms with E-state index in [0.717, 1.165) is 29.2 Å². The van der Waals surface area contributed by atoms with Crippen LogP contribution in [0.15, 0.2) is 12.3 Å². The van der Waals surface area contributed by atoms with Gasteiger partial charge in [0.05, 0.1) is 12.8 Å². The molecule has 3 aliphatic rings. The zero-order valence-corrected chi connectivity index (χ0v) is 8.83. The minimum absolute atomic E-state index is 0.811. The molecule has 1 heterocycles. The van der Waals surface area contributed by atoms with Gasteiger partial charge in [0.1, 0.15) is 0 Å². The molecule has 2 spiro atoms. The Bertz CT molecular complexity index is 358. The minimum Gasteiger partial charge on any atom is -0.478 e. The zero-order chi connectivity index (χ0) is 9.93. The maximum absolute atomic E-state index is 5.62. The first-order valence-electron chi connectivity index (χ1n) is 6.00. The smallest absolute Gasteiger partial charge is 0.208 e. The van der Waals surface area contributed by atoms with E-state index in [-0.39, 0.29) is 0 Å². The molecule has 0 saturated heterocycles. The topological polar surface area (TPSA) is 37.9 Å². The van der Waals surface area contributed by atoms with Gasteiger partial charge in [0.15, 0.2) is 0 Å². The van der Waals surface area contributed by atoms with Gasteiger partial charge in [-0.1, -0.05) is 0 Å². The summed E-state index contributed by atoms with van der Waals surface area (Å²) in [6.07, 6.45) is 8.99. The Kier molecular flexibility index (Phi) is 1.31. The second-order valence-corrected chi connectivity index (χ2v) is 5.42. The number of fused-ring (bicyclic) bond motifs is 1. The number of ether oxygens (including phenoxy) is 1. The van der Waals surface area contributed by atoms with Crippen LogP contribution in [0.3, 0.4) is 0 Å². The highest BCUT2D eigenvalue weighted by molar-refractivity contribution is 5.34. The van der Waals surface area contributed by atoms with Crippen molar-refractivity contribution in [1.82, 2.24) is 10.2 Å². The zero-order valence-electron chi connectivity index (χ0n) is 8.83. The van der Waals surface area contributed by atoms with Crippen LogP contribution in [0.4, 0.5) is 0 Å². The molecule has 3 aliphatic carbocycles. The van der Waals surface area contributed by atoms with Crippen molar-refractivity contribution in [1.29, 1.82) is 0 Å². The van der Waals surface area contributed by atoms with Crippen molar-refractivity contribution in [3.8, 4) is 5.88 Å². The molecule has 0 atom stereocenters. The van der Waals surface area contributed by atoms with Gasteiger partial charge in [0, 0.05) is 6.07 Å². The molecule has 80 valence electrons. The molecule has 3 nitrogen and oxygen atoms in total.